The normalized spacial score (nSPS) is 26.2. The third-order valence-electron chi connectivity index (χ3n) is 5.30. The molecule has 0 radical (unpaired) electrons. The Labute approximate surface area is 155 Å². The Morgan fingerprint density at radius 3 is 2.65 bits per heavy atom. The summed E-state index contributed by atoms with van der Waals surface area (Å²) in [6.07, 6.45) is 5.40. The smallest absolute Gasteiger partial charge is 0.198 e. The third kappa shape index (κ3) is 4.37. The molecule has 0 aliphatic carbocycles. The molecule has 6 heteroatoms. The second-order valence-electron chi connectivity index (χ2n) is 7.28. The predicted molar refractivity (Wildman–Crippen MR) is 101 cm³/mol. The Balaban J connectivity index is 1.41. The largest absolute Gasteiger partial charge is 0.381 e. The number of hydrogen-bond donors (Lipinski definition) is 1. The molecule has 142 valence electrons. The highest BCUT2D eigenvalue weighted by Crippen LogP contribution is 2.33. The average Bonchev–Trinajstić information content (AvgIpc) is 3.09. The second-order valence-corrected chi connectivity index (χ2v) is 7.28. The van der Waals surface area contributed by atoms with Crippen LogP contribution in [0, 0.1) is 0 Å². The number of piperidine rings is 1. The van der Waals surface area contributed by atoms with E-state index in [1.165, 1.54) is 19.3 Å². The lowest BCUT2D eigenvalue weighted by Gasteiger charge is -2.32. The zero-order chi connectivity index (χ0) is 17.7. The van der Waals surface area contributed by atoms with Crippen LogP contribution in [0.15, 0.2) is 35.3 Å². The van der Waals surface area contributed by atoms with Crippen LogP contribution in [0.25, 0.3) is 0 Å². The van der Waals surface area contributed by atoms with Crippen LogP contribution in [0.2, 0.25) is 0 Å². The lowest BCUT2D eigenvalue weighted by atomic mass is 10.1. The summed E-state index contributed by atoms with van der Waals surface area (Å²) in [5.41, 5.74) is 1.07. The fourth-order valence-corrected chi connectivity index (χ4v) is 3.81. The van der Waals surface area contributed by atoms with E-state index in [4.69, 9.17) is 19.2 Å². The van der Waals surface area contributed by atoms with Gasteiger partial charge in [0.05, 0.1) is 26.4 Å². The zero-order valence-electron chi connectivity index (χ0n) is 15.4. The van der Waals surface area contributed by atoms with Crippen LogP contribution in [0.5, 0.6) is 0 Å². The van der Waals surface area contributed by atoms with E-state index in [-0.39, 0.29) is 6.10 Å². The number of nitrogens with zero attached hydrogens (tertiary/aromatic N) is 2. The maximum Gasteiger partial charge on any atom is 0.198 e. The van der Waals surface area contributed by atoms with Gasteiger partial charge in [-0.15, -0.1) is 0 Å². The zero-order valence-corrected chi connectivity index (χ0v) is 15.4. The van der Waals surface area contributed by atoms with Gasteiger partial charge in [0.25, 0.3) is 0 Å². The first kappa shape index (κ1) is 17.8. The number of para-hydroxylation sites is 1. The molecular weight excluding hydrogens is 330 g/mol. The molecule has 3 aliphatic rings. The highest BCUT2D eigenvalue weighted by molar-refractivity contribution is 5.93. The van der Waals surface area contributed by atoms with Gasteiger partial charge in [-0.05, 0) is 31.4 Å². The second kappa shape index (κ2) is 8.37. The molecule has 3 fully saturated rings. The van der Waals surface area contributed by atoms with Crippen LogP contribution < -0.4 is 5.32 Å². The molecule has 3 aliphatic heterocycles. The number of ether oxygens (including phenoxy) is 3. The fourth-order valence-electron chi connectivity index (χ4n) is 3.81. The van der Waals surface area contributed by atoms with E-state index < -0.39 is 5.79 Å². The first-order valence-electron chi connectivity index (χ1n) is 9.84. The van der Waals surface area contributed by atoms with E-state index in [2.05, 4.69) is 22.3 Å². The summed E-state index contributed by atoms with van der Waals surface area (Å²) in [4.78, 5) is 7.26. The quantitative estimate of drug-likeness (QED) is 0.664. The third-order valence-corrected chi connectivity index (χ3v) is 5.30. The Hall–Kier alpha value is -1.63. The lowest BCUT2D eigenvalue weighted by Crippen LogP contribution is -2.41. The number of nitrogens with one attached hydrogen (secondary N) is 1. The molecular formula is C20H29N3O3. The minimum atomic E-state index is -0.434. The molecule has 0 aromatic heterocycles. The summed E-state index contributed by atoms with van der Waals surface area (Å²) in [6.45, 7) is 4.77. The van der Waals surface area contributed by atoms with Crippen molar-refractivity contribution in [1.29, 1.82) is 0 Å². The van der Waals surface area contributed by atoms with Crippen LogP contribution >= 0.6 is 0 Å². The van der Waals surface area contributed by atoms with Crippen molar-refractivity contribution in [3.8, 4) is 0 Å². The fraction of sp³-hybridized carbons (Fsp3) is 0.650. The van der Waals surface area contributed by atoms with Crippen molar-refractivity contribution < 1.29 is 14.2 Å². The van der Waals surface area contributed by atoms with Crippen molar-refractivity contribution in [3.63, 3.8) is 0 Å². The summed E-state index contributed by atoms with van der Waals surface area (Å²) < 4.78 is 17.6. The lowest BCUT2D eigenvalue weighted by molar-refractivity contribution is -0.210. The monoisotopic (exact) mass is 359 g/mol. The van der Waals surface area contributed by atoms with Crippen LogP contribution in [0.3, 0.4) is 0 Å². The van der Waals surface area contributed by atoms with Gasteiger partial charge < -0.3 is 24.4 Å². The van der Waals surface area contributed by atoms with Gasteiger partial charge in [-0.2, -0.15) is 0 Å². The topological polar surface area (TPSA) is 55.3 Å². The summed E-state index contributed by atoms with van der Waals surface area (Å²) >= 11 is 0. The van der Waals surface area contributed by atoms with Gasteiger partial charge in [-0.3, -0.25) is 4.99 Å². The van der Waals surface area contributed by atoms with Gasteiger partial charge in [0.2, 0.25) is 0 Å². The van der Waals surface area contributed by atoms with E-state index in [1.807, 2.05) is 18.2 Å². The van der Waals surface area contributed by atoms with E-state index in [1.54, 1.807) is 0 Å². The minimum Gasteiger partial charge on any atom is -0.381 e. The van der Waals surface area contributed by atoms with E-state index >= 15 is 0 Å². The molecule has 26 heavy (non-hydrogen) atoms. The van der Waals surface area contributed by atoms with E-state index in [0.717, 1.165) is 37.6 Å². The molecule has 3 heterocycles. The highest BCUT2D eigenvalue weighted by atomic mass is 16.7. The molecule has 1 N–H and O–H groups in total. The van der Waals surface area contributed by atoms with Crippen molar-refractivity contribution in [3.05, 3.63) is 30.3 Å². The Morgan fingerprint density at radius 1 is 1.12 bits per heavy atom. The van der Waals surface area contributed by atoms with Gasteiger partial charge in [-0.1, -0.05) is 18.2 Å². The molecule has 1 aromatic rings. The Kier molecular flexibility index (Phi) is 5.72. The van der Waals surface area contributed by atoms with Gasteiger partial charge >= 0.3 is 0 Å². The molecule has 0 amide bonds. The Morgan fingerprint density at radius 2 is 1.88 bits per heavy atom. The number of aliphatic imine (C=N–C) groups is 1. The van der Waals surface area contributed by atoms with Gasteiger partial charge in [0.15, 0.2) is 11.7 Å². The predicted octanol–water partition coefficient (Wildman–Crippen LogP) is 2.86. The molecule has 6 nitrogen and oxygen atoms in total. The van der Waals surface area contributed by atoms with Crippen molar-refractivity contribution in [2.24, 2.45) is 4.99 Å². The maximum atomic E-state index is 6.22. The Bertz CT molecular complexity index is 596. The number of rotatable bonds is 3. The summed E-state index contributed by atoms with van der Waals surface area (Å²) in [5, 5.41) is 3.50. The maximum absolute atomic E-state index is 6.22. The summed E-state index contributed by atoms with van der Waals surface area (Å²) in [7, 11) is 0. The van der Waals surface area contributed by atoms with Crippen LogP contribution in [-0.4, -0.2) is 62.2 Å². The van der Waals surface area contributed by atoms with Crippen LogP contribution in [-0.2, 0) is 14.2 Å². The molecule has 0 saturated carbocycles. The van der Waals surface area contributed by atoms with Gasteiger partial charge in [-0.25, -0.2) is 0 Å². The number of hydrogen-bond acceptors (Lipinski definition) is 4. The summed E-state index contributed by atoms with van der Waals surface area (Å²) in [5.74, 6) is 0.517. The van der Waals surface area contributed by atoms with E-state index in [0.29, 0.717) is 26.4 Å². The number of anilines is 1. The minimum absolute atomic E-state index is 0.0189. The van der Waals surface area contributed by atoms with Crippen LogP contribution in [0.1, 0.15) is 32.1 Å². The number of guanidine groups is 1. The molecule has 1 unspecified atom stereocenters. The van der Waals surface area contributed by atoms with Crippen molar-refractivity contribution in [2.45, 2.75) is 44.0 Å². The SMILES string of the molecule is c1ccc(NC(=NCC2COC3(CCOCC3)O2)N2CCCCC2)cc1. The first-order valence-corrected chi connectivity index (χ1v) is 9.84. The van der Waals surface area contributed by atoms with Crippen molar-refractivity contribution >= 4 is 11.6 Å². The molecule has 4 rings (SSSR count). The highest BCUT2D eigenvalue weighted by Gasteiger charge is 2.42. The average molecular weight is 359 g/mol. The molecule has 1 atom stereocenters. The number of likely N-dealkylation sites (tertiary alicyclic amines) is 1. The van der Waals surface area contributed by atoms with Gasteiger partial charge in [0.1, 0.15) is 6.10 Å². The summed E-state index contributed by atoms with van der Waals surface area (Å²) in [6, 6.07) is 10.3. The van der Waals surface area contributed by atoms with Crippen molar-refractivity contribution in [2.75, 3.05) is 44.8 Å². The molecule has 3 saturated heterocycles. The van der Waals surface area contributed by atoms with Crippen LogP contribution in [0.4, 0.5) is 5.69 Å². The first-order chi connectivity index (χ1) is 12.8. The van der Waals surface area contributed by atoms with E-state index in [9.17, 15) is 0 Å². The molecule has 0 bridgehead atoms. The van der Waals surface area contributed by atoms with Gasteiger partial charge in [0, 0.05) is 31.6 Å². The molecule has 1 spiro atoms. The molecule has 1 aromatic carbocycles. The van der Waals surface area contributed by atoms with Crippen molar-refractivity contribution in [1.82, 2.24) is 4.90 Å². The number of benzene rings is 1. The standard InChI is InChI=1S/C20H29N3O3/c1-3-7-17(8-4-1)22-19(23-11-5-2-6-12-23)21-15-18-16-25-20(26-18)9-13-24-14-10-20/h1,3-4,7-8,18H,2,5-6,9-16H2,(H,21,22).